The first-order chi connectivity index (χ1) is 11.0. The molecule has 1 atom stereocenters. The molecule has 2 saturated heterocycles. The monoisotopic (exact) mass is 344 g/mol. The molecule has 1 amide bonds. The maximum Gasteiger partial charge on any atom is 0.282 e. The summed E-state index contributed by atoms with van der Waals surface area (Å²) < 4.78 is 28.5. The quantitative estimate of drug-likeness (QED) is 0.762. The molecule has 0 bridgehead atoms. The number of nitrogens with zero attached hydrogens (tertiary/aromatic N) is 3. The molecular weight excluding hydrogens is 316 g/mol. The molecule has 8 heteroatoms. The predicted octanol–water partition coefficient (Wildman–Crippen LogP) is 0.00180. The smallest absolute Gasteiger partial charge is 0.282 e. The minimum atomic E-state index is -3.32. The van der Waals surface area contributed by atoms with Crippen molar-refractivity contribution in [3.8, 4) is 0 Å². The second-order valence-corrected chi connectivity index (χ2v) is 8.79. The van der Waals surface area contributed by atoms with Crippen LogP contribution in [0.5, 0.6) is 0 Å². The zero-order valence-corrected chi connectivity index (χ0v) is 14.7. The lowest BCUT2D eigenvalue weighted by Crippen LogP contribution is -2.57. The van der Waals surface area contributed by atoms with E-state index in [-0.39, 0.29) is 11.9 Å². The van der Waals surface area contributed by atoms with E-state index in [0.29, 0.717) is 45.3 Å². The van der Waals surface area contributed by atoms with E-state index in [1.807, 2.05) is 6.92 Å². The highest BCUT2D eigenvalue weighted by Crippen LogP contribution is 2.20. The first-order valence-corrected chi connectivity index (χ1v) is 10.2. The van der Waals surface area contributed by atoms with Crippen LogP contribution in [0.2, 0.25) is 0 Å². The molecule has 1 aliphatic carbocycles. The molecule has 0 aromatic rings. The van der Waals surface area contributed by atoms with Gasteiger partial charge in [-0.2, -0.15) is 17.0 Å². The van der Waals surface area contributed by atoms with Crippen LogP contribution in [-0.4, -0.2) is 79.2 Å². The standard InChI is InChI=1S/C15H28N4O3S/c1-13(15(20)16-14-5-6-14)17-9-11-19(12-10-17)23(21,22)18-7-3-2-4-8-18/h13-14H,2-12H2,1H3,(H,16,20). The van der Waals surface area contributed by atoms with Crippen molar-refractivity contribution < 1.29 is 13.2 Å². The number of nitrogens with one attached hydrogen (secondary N) is 1. The summed E-state index contributed by atoms with van der Waals surface area (Å²) >= 11 is 0. The molecule has 3 fully saturated rings. The maximum atomic E-state index is 12.7. The van der Waals surface area contributed by atoms with Crippen LogP contribution >= 0.6 is 0 Å². The summed E-state index contributed by atoms with van der Waals surface area (Å²) in [6.45, 7) is 5.37. The van der Waals surface area contributed by atoms with Gasteiger partial charge in [-0.15, -0.1) is 0 Å². The number of hydrogen-bond donors (Lipinski definition) is 1. The van der Waals surface area contributed by atoms with Crippen molar-refractivity contribution in [1.29, 1.82) is 0 Å². The Kier molecular flexibility index (Phi) is 5.25. The van der Waals surface area contributed by atoms with E-state index < -0.39 is 10.2 Å². The first kappa shape index (κ1) is 17.1. The number of piperidine rings is 1. The van der Waals surface area contributed by atoms with Crippen LogP contribution in [0.4, 0.5) is 0 Å². The molecule has 23 heavy (non-hydrogen) atoms. The van der Waals surface area contributed by atoms with Crippen LogP contribution in [0.3, 0.4) is 0 Å². The molecule has 0 radical (unpaired) electrons. The molecule has 1 unspecified atom stereocenters. The number of carbonyl (C=O) groups is 1. The van der Waals surface area contributed by atoms with Gasteiger partial charge in [0.05, 0.1) is 6.04 Å². The van der Waals surface area contributed by atoms with Gasteiger partial charge in [0.1, 0.15) is 0 Å². The minimum Gasteiger partial charge on any atom is -0.352 e. The van der Waals surface area contributed by atoms with E-state index in [1.54, 1.807) is 8.61 Å². The Morgan fingerprint density at radius 1 is 0.957 bits per heavy atom. The molecule has 0 aromatic carbocycles. The van der Waals surface area contributed by atoms with Gasteiger partial charge >= 0.3 is 0 Å². The largest absolute Gasteiger partial charge is 0.352 e. The maximum absolute atomic E-state index is 12.7. The van der Waals surface area contributed by atoms with E-state index in [2.05, 4.69) is 10.2 Å². The van der Waals surface area contributed by atoms with Gasteiger partial charge in [0.15, 0.2) is 0 Å². The van der Waals surface area contributed by atoms with E-state index in [9.17, 15) is 13.2 Å². The number of rotatable bonds is 5. The Labute approximate surface area is 139 Å². The van der Waals surface area contributed by atoms with Gasteiger partial charge in [-0.25, -0.2) is 0 Å². The fraction of sp³-hybridized carbons (Fsp3) is 0.933. The zero-order valence-electron chi connectivity index (χ0n) is 13.9. The highest BCUT2D eigenvalue weighted by molar-refractivity contribution is 7.86. The van der Waals surface area contributed by atoms with Gasteiger partial charge < -0.3 is 5.32 Å². The molecule has 1 N–H and O–H groups in total. The molecular formula is C15H28N4O3S. The van der Waals surface area contributed by atoms with Crippen LogP contribution in [0.15, 0.2) is 0 Å². The van der Waals surface area contributed by atoms with Crippen LogP contribution in [0, 0.1) is 0 Å². The lowest BCUT2D eigenvalue weighted by molar-refractivity contribution is -0.126. The number of amides is 1. The van der Waals surface area contributed by atoms with Crippen molar-refractivity contribution in [2.45, 2.75) is 51.1 Å². The summed E-state index contributed by atoms with van der Waals surface area (Å²) in [5.74, 6) is 0.0693. The third kappa shape index (κ3) is 4.04. The summed E-state index contributed by atoms with van der Waals surface area (Å²) in [6.07, 6.45) is 5.20. The number of carbonyl (C=O) groups excluding carboxylic acids is 1. The lowest BCUT2D eigenvalue weighted by Gasteiger charge is -2.39. The summed E-state index contributed by atoms with van der Waals surface area (Å²) in [7, 11) is -3.32. The van der Waals surface area contributed by atoms with Gasteiger partial charge in [0, 0.05) is 45.3 Å². The third-order valence-electron chi connectivity index (χ3n) is 5.09. The van der Waals surface area contributed by atoms with E-state index >= 15 is 0 Å². The molecule has 7 nitrogen and oxygen atoms in total. The molecule has 132 valence electrons. The van der Waals surface area contributed by atoms with Crippen LogP contribution in [0.25, 0.3) is 0 Å². The van der Waals surface area contributed by atoms with Crippen LogP contribution in [-0.2, 0) is 15.0 Å². The van der Waals surface area contributed by atoms with Gasteiger partial charge in [0.2, 0.25) is 5.91 Å². The van der Waals surface area contributed by atoms with Crippen molar-refractivity contribution in [1.82, 2.24) is 18.8 Å². The minimum absolute atomic E-state index is 0.0693. The predicted molar refractivity (Wildman–Crippen MR) is 88.1 cm³/mol. The SMILES string of the molecule is CC(C(=O)NC1CC1)N1CCN(S(=O)(=O)N2CCCCC2)CC1. The van der Waals surface area contributed by atoms with Gasteiger partial charge in [-0.1, -0.05) is 6.42 Å². The van der Waals surface area contributed by atoms with Crippen LogP contribution in [0.1, 0.15) is 39.0 Å². The van der Waals surface area contributed by atoms with Gasteiger partial charge in [-0.3, -0.25) is 9.69 Å². The van der Waals surface area contributed by atoms with Crippen LogP contribution < -0.4 is 5.32 Å². The molecule has 2 aliphatic heterocycles. The molecule has 0 spiro atoms. The Balaban J connectivity index is 1.51. The Bertz CT molecular complexity index is 521. The fourth-order valence-electron chi connectivity index (χ4n) is 3.30. The van der Waals surface area contributed by atoms with E-state index in [4.69, 9.17) is 0 Å². The molecule has 3 rings (SSSR count). The molecule has 3 aliphatic rings. The fourth-order valence-corrected chi connectivity index (χ4v) is 4.97. The number of hydrogen-bond acceptors (Lipinski definition) is 4. The molecule has 1 saturated carbocycles. The van der Waals surface area contributed by atoms with Crippen molar-refractivity contribution in [3.05, 3.63) is 0 Å². The average molecular weight is 344 g/mol. The van der Waals surface area contributed by atoms with E-state index in [0.717, 1.165) is 32.1 Å². The summed E-state index contributed by atoms with van der Waals surface area (Å²) in [6, 6.07) is 0.182. The Morgan fingerprint density at radius 2 is 1.52 bits per heavy atom. The summed E-state index contributed by atoms with van der Waals surface area (Å²) in [5.41, 5.74) is 0. The Hall–Kier alpha value is -0.700. The average Bonchev–Trinajstić information content (AvgIpc) is 3.39. The summed E-state index contributed by atoms with van der Waals surface area (Å²) in [4.78, 5) is 14.2. The highest BCUT2D eigenvalue weighted by atomic mass is 32.2. The Morgan fingerprint density at radius 3 is 2.09 bits per heavy atom. The first-order valence-electron chi connectivity index (χ1n) is 8.78. The normalized spacial score (nSPS) is 26.8. The van der Waals surface area contributed by atoms with Gasteiger partial charge in [0.25, 0.3) is 10.2 Å². The molecule has 2 heterocycles. The zero-order chi connectivity index (χ0) is 16.4. The second-order valence-electron chi connectivity index (χ2n) is 6.86. The topological polar surface area (TPSA) is 73.0 Å². The molecule has 0 aromatic heterocycles. The van der Waals surface area contributed by atoms with E-state index in [1.165, 1.54) is 0 Å². The van der Waals surface area contributed by atoms with Crippen molar-refractivity contribution in [2.75, 3.05) is 39.3 Å². The second kappa shape index (κ2) is 7.04. The van der Waals surface area contributed by atoms with Crippen molar-refractivity contribution >= 4 is 16.1 Å². The summed E-state index contributed by atoms with van der Waals surface area (Å²) in [5, 5.41) is 3.02. The highest BCUT2D eigenvalue weighted by Gasteiger charge is 2.35. The number of piperazine rings is 1. The van der Waals surface area contributed by atoms with Gasteiger partial charge in [-0.05, 0) is 32.6 Å². The third-order valence-corrected chi connectivity index (χ3v) is 7.13. The lowest BCUT2D eigenvalue weighted by atomic mass is 10.2. The van der Waals surface area contributed by atoms with Crippen molar-refractivity contribution in [3.63, 3.8) is 0 Å². The van der Waals surface area contributed by atoms with Crippen molar-refractivity contribution in [2.24, 2.45) is 0 Å².